The van der Waals surface area contributed by atoms with Crippen LogP contribution in [-0.2, 0) is 6.18 Å². The van der Waals surface area contributed by atoms with E-state index in [0.717, 1.165) is 25.7 Å². The third kappa shape index (κ3) is 3.96. The second kappa shape index (κ2) is 5.53. The fraction of sp³-hybridized carbons (Fsp3) is 0.667. The van der Waals surface area contributed by atoms with Crippen molar-refractivity contribution in [1.29, 1.82) is 0 Å². The highest BCUT2D eigenvalue weighted by atomic mass is 35.5. The predicted molar refractivity (Wildman–Crippen MR) is 64.1 cm³/mol. The predicted octanol–water partition coefficient (Wildman–Crippen LogP) is 4.11. The summed E-state index contributed by atoms with van der Waals surface area (Å²) in [5.41, 5.74) is 0. The van der Waals surface area contributed by atoms with Crippen LogP contribution in [0.4, 0.5) is 13.2 Å². The highest BCUT2D eigenvalue weighted by Gasteiger charge is 2.35. The molecule has 0 spiro atoms. The molecule has 1 aromatic heterocycles. The van der Waals surface area contributed by atoms with E-state index in [1.54, 1.807) is 0 Å². The van der Waals surface area contributed by atoms with Crippen molar-refractivity contribution in [2.24, 2.45) is 5.92 Å². The van der Waals surface area contributed by atoms with E-state index < -0.39 is 12.0 Å². The van der Waals surface area contributed by atoms with Gasteiger partial charge in [0, 0.05) is 6.07 Å². The van der Waals surface area contributed by atoms with Gasteiger partial charge in [-0.3, -0.25) is 0 Å². The van der Waals surface area contributed by atoms with E-state index in [-0.39, 0.29) is 17.1 Å². The van der Waals surface area contributed by atoms with Crippen LogP contribution in [0.1, 0.15) is 38.4 Å². The van der Waals surface area contributed by atoms with Crippen LogP contribution in [0.15, 0.2) is 6.07 Å². The van der Waals surface area contributed by atoms with Crippen LogP contribution in [0.5, 0.6) is 5.88 Å². The zero-order valence-electron chi connectivity index (χ0n) is 10.4. The Morgan fingerprint density at radius 1 is 1.21 bits per heavy atom. The van der Waals surface area contributed by atoms with Gasteiger partial charge in [-0.1, -0.05) is 18.5 Å². The molecule has 7 heteroatoms. The largest absolute Gasteiger partial charge is 0.474 e. The summed E-state index contributed by atoms with van der Waals surface area (Å²) in [6, 6.07) is 1.22. The van der Waals surface area contributed by atoms with Gasteiger partial charge < -0.3 is 4.74 Å². The molecular formula is C12H14ClF3N2O. The maximum absolute atomic E-state index is 12.5. The van der Waals surface area contributed by atoms with Crippen molar-refractivity contribution < 1.29 is 17.9 Å². The molecule has 106 valence electrons. The molecule has 1 aliphatic carbocycles. The Balaban J connectivity index is 2.10. The van der Waals surface area contributed by atoms with Crippen molar-refractivity contribution in [1.82, 2.24) is 9.97 Å². The molecule has 0 aliphatic heterocycles. The van der Waals surface area contributed by atoms with Crippen LogP contribution in [-0.4, -0.2) is 16.1 Å². The second-order valence-electron chi connectivity index (χ2n) is 4.85. The Morgan fingerprint density at radius 2 is 1.84 bits per heavy atom. The van der Waals surface area contributed by atoms with Crippen LogP contribution < -0.4 is 4.74 Å². The first-order valence-corrected chi connectivity index (χ1v) is 6.51. The molecule has 0 aromatic carbocycles. The minimum absolute atomic E-state index is 0.0942. The Kier molecular flexibility index (Phi) is 4.18. The average Bonchev–Trinajstić information content (AvgIpc) is 2.30. The Hall–Kier alpha value is -1.04. The molecule has 0 unspecified atom stereocenters. The first-order chi connectivity index (χ1) is 8.84. The number of hydrogen-bond acceptors (Lipinski definition) is 3. The number of alkyl halides is 3. The van der Waals surface area contributed by atoms with E-state index in [0.29, 0.717) is 5.92 Å². The molecule has 0 saturated heterocycles. The van der Waals surface area contributed by atoms with Gasteiger partial charge in [0.05, 0.1) is 0 Å². The van der Waals surface area contributed by atoms with Gasteiger partial charge in [0.1, 0.15) is 11.3 Å². The third-order valence-electron chi connectivity index (χ3n) is 3.18. The first kappa shape index (κ1) is 14.4. The normalized spacial score (nSPS) is 24.3. The summed E-state index contributed by atoms with van der Waals surface area (Å²) in [4.78, 5) is 6.53. The lowest BCUT2D eigenvalue weighted by Crippen LogP contribution is -2.24. The summed E-state index contributed by atoms with van der Waals surface area (Å²) >= 11 is 5.57. The van der Waals surface area contributed by atoms with Crippen LogP contribution in [0.3, 0.4) is 0 Å². The number of nitrogens with zero attached hydrogens (tertiary/aromatic N) is 2. The molecular weight excluding hydrogens is 281 g/mol. The smallest absolute Gasteiger partial charge is 0.451 e. The number of aromatic nitrogens is 2. The summed E-state index contributed by atoms with van der Waals surface area (Å²) < 4.78 is 43.1. The van der Waals surface area contributed by atoms with Gasteiger partial charge in [-0.2, -0.15) is 18.2 Å². The summed E-state index contributed by atoms with van der Waals surface area (Å²) in [6.07, 6.45) is -1.05. The van der Waals surface area contributed by atoms with E-state index in [1.807, 2.05) is 0 Å². The van der Waals surface area contributed by atoms with E-state index in [9.17, 15) is 13.2 Å². The first-order valence-electron chi connectivity index (χ1n) is 6.13. The number of hydrogen-bond donors (Lipinski definition) is 0. The van der Waals surface area contributed by atoms with Crippen LogP contribution in [0.2, 0.25) is 5.15 Å². The second-order valence-corrected chi connectivity index (χ2v) is 5.24. The molecule has 1 saturated carbocycles. The maximum Gasteiger partial charge on any atom is 0.451 e. The Labute approximate surface area is 114 Å². The molecule has 3 nitrogen and oxygen atoms in total. The number of halogens is 4. The minimum Gasteiger partial charge on any atom is -0.474 e. The van der Waals surface area contributed by atoms with Gasteiger partial charge >= 0.3 is 6.18 Å². The van der Waals surface area contributed by atoms with Crippen molar-refractivity contribution in [3.63, 3.8) is 0 Å². The fourth-order valence-electron chi connectivity index (χ4n) is 2.10. The molecule has 0 N–H and O–H groups in total. The van der Waals surface area contributed by atoms with Crippen molar-refractivity contribution in [3.8, 4) is 5.88 Å². The molecule has 0 amide bonds. The Bertz CT molecular complexity index is 445. The summed E-state index contributed by atoms with van der Waals surface area (Å²) in [6.45, 7) is 2.15. The highest BCUT2D eigenvalue weighted by molar-refractivity contribution is 6.29. The Morgan fingerprint density at radius 3 is 2.42 bits per heavy atom. The zero-order chi connectivity index (χ0) is 14.0. The molecule has 1 aromatic rings. The lowest BCUT2D eigenvalue weighted by atomic mass is 9.89. The van der Waals surface area contributed by atoms with Gasteiger partial charge in [0.2, 0.25) is 11.7 Å². The van der Waals surface area contributed by atoms with Gasteiger partial charge in [0.15, 0.2) is 0 Å². The molecule has 2 rings (SSSR count). The lowest BCUT2D eigenvalue weighted by molar-refractivity contribution is -0.145. The minimum atomic E-state index is -4.62. The molecule has 0 atom stereocenters. The number of rotatable bonds is 2. The van der Waals surface area contributed by atoms with Gasteiger partial charge in [-0.25, -0.2) is 4.98 Å². The van der Waals surface area contributed by atoms with E-state index >= 15 is 0 Å². The zero-order valence-corrected chi connectivity index (χ0v) is 11.1. The number of ether oxygens (including phenoxy) is 1. The van der Waals surface area contributed by atoms with E-state index in [2.05, 4.69) is 16.9 Å². The molecule has 1 heterocycles. The summed E-state index contributed by atoms with van der Waals surface area (Å²) in [7, 11) is 0. The van der Waals surface area contributed by atoms with Crippen molar-refractivity contribution >= 4 is 11.6 Å². The maximum atomic E-state index is 12.5. The van der Waals surface area contributed by atoms with E-state index in [4.69, 9.17) is 16.3 Å². The molecule has 0 bridgehead atoms. The SMILES string of the molecule is CC1CCC(Oc2cc(Cl)nc(C(F)(F)F)n2)CC1. The van der Waals surface area contributed by atoms with Crippen molar-refractivity contribution in [2.75, 3.05) is 0 Å². The standard InChI is InChI=1S/C12H14ClF3N2O/c1-7-2-4-8(5-3-7)19-10-6-9(13)17-11(18-10)12(14,15)16/h6-8H,2-5H2,1H3. The van der Waals surface area contributed by atoms with Gasteiger partial charge in [-0.05, 0) is 31.6 Å². The van der Waals surface area contributed by atoms with Gasteiger partial charge in [-0.15, -0.1) is 0 Å². The summed E-state index contributed by atoms with van der Waals surface area (Å²) in [5, 5.41) is -0.262. The van der Waals surface area contributed by atoms with Crippen LogP contribution >= 0.6 is 11.6 Å². The third-order valence-corrected chi connectivity index (χ3v) is 3.37. The molecule has 0 radical (unpaired) electrons. The van der Waals surface area contributed by atoms with Crippen molar-refractivity contribution in [3.05, 3.63) is 17.0 Å². The molecule has 1 aliphatic rings. The highest BCUT2D eigenvalue weighted by Crippen LogP contribution is 2.31. The fourth-order valence-corrected chi connectivity index (χ4v) is 2.28. The van der Waals surface area contributed by atoms with Gasteiger partial charge in [0.25, 0.3) is 0 Å². The molecule has 19 heavy (non-hydrogen) atoms. The summed E-state index contributed by atoms with van der Waals surface area (Å²) in [5.74, 6) is -0.731. The van der Waals surface area contributed by atoms with Crippen molar-refractivity contribution in [2.45, 2.75) is 44.9 Å². The topological polar surface area (TPSA) is 35.0 Å². The monoisotopic (exact) mass is 294 g/mol. The van der Waals surface area contributed by atoms with Crippen LogP contribution in [0, 0.1) is 5.92 Å². The van der Waals surface area contributed by atoms with Crippen LogP contribution in [0.25, 0.3) is 0 Å². The van der Waals surface area contributed by atoms with E-state index in [1.165, 1.54) is 6.07 Å². The quantitative estimate of drug-likeness (QED) is 0.770. The average molecular weight is 295 g/mol. The molecule has 1 fully saturated rings. The lowest BCUT2D eigenvalue weighted by Gasteiger charge is -2.26.